The molecule has 22 heavy (non-hydrogen) atoms. The van der Waals surface area contributed by atoms with Gasteiger partial charge in [0, 0.05) is 11.1 Å². The third-order valence-corrected chi connectivity index (χ3v) is 3.69. The Hall–Kier alpha value is -2.33. The maximum absolute atomic E-state index is 13.1. The molecule has 0 aliphatic carbocycles. The Morgan fingerprint density at radius 1 is 1.05 bits per heavy atom. The topological polar surface area (TPSA) is 46.0 Å². The molecule has 0 bridgehead atoms. The molecule has 1 atom stereocenters. The van der Waals surface area contributed by atoms with Crippen molar-refractivity contribution in [2.45, 2.75) is 26.9 Å². The number of aliphatic hydroxyl groups is 1. The maximum atomic E-state index is 13.1. The molecule has 0 aliphatic rings. The van der Waals surface area contributed by atoms with E-state index in [1.807, 2.05) is 26.0 Å². The molecule has 0 saturated carbocycles. The minimum absolute atomic E-state index is 0.282. The van der Waals surface area contributed by atoms with Crippen molar-refractivity contribution < 1.29 is 9.50 Å². The Bertz CT molecular complexity index is 842. The van der Waals surface area contributed by atoms with Crippen LogP contribution in [0.1, 0.15) is 29.8 Å². The van der Waals surface area contributed by atoms with E-state index in [1.54, 1.807) is 19.1 Å². The van der Waals surface area contributed by atoms with Crippen molar-refractivity contribution in [3.05, 3.63) is 59.0 Å². The van der Waals surface area contributed by atoms with Gasteiger partial charge in [0.25, 0.3) is 0 Å². The summed E-state index contributed by atoms with van der Waals surface area (Å²) in [6.45, 7) is 5.57. The number of benzene rings is 2. The smallest absolute Gasteiger partial charge is 0.123 e. The van der Waals surface area contributed by atoms with Crippen LogP contribution < -0.4 is 0 Å². The first-order chi connectivity index (χ1) is 10.5. The molecule has 1 aromatic heterocycles. The van der Waals surface area contributed by atoms with Gasteiger partial charge in [-0.2, -0.15) is 0 Å². The van der Waals surface area contributed by atoms with Gasteiger partial charge < -0.3 is 5.11 Å². The zero-order valence-electron chi connectivity index (χ0n) is 12.8. The lowest BCUT2D eigenvalue weighted by atomic mass is 10.0. The van der Waals surface area contributed by atoms with E-state index < -0.39 is 6.10 Å². The lowest BCUT2D eigenvalue weighted by molar-refractivity contribution is 0.200. The zero-order chi connectivity index (χ0) is 15.9. The van der Waals surface area contributed by atoms with Crippen LogP contribution >= 0.6 is 0 Å². The van der Waals surface area contributed by atoms with Crippen molar-refractivity contribution >= 4 is 11.0 Å². The molecule has 1 heterocycles. The number of aliphatic hydroxyl groups excluding tert-OH is 1. The Balaban J connectivity index is 2.28. The summed E-state index contributed by atoms with van der Waals surface area (Å²) in [5.41, 5.74) is 5.53. The average molecular weight is 296 g/mol. The molecule has 0 radical (unpaired) electrons. The highest BCUT2D eigenvalue weighted by atomic mass is 19.1. The van der Waals surface area contributed by atoms with Gasteiger partial charge in [-0.1, -0.05) is 6.07 Å². The number of aromatic nitrogens is 2. The van der Waals surface area contributed by atoms with Crippen LogP contribution in [0.2, 0.25) is 0 Å². The summed E-state index contributed by atoms with van der Waals surface area (Å²) in [5, 5.41) is 10.00. The Kier molecular flexibility index (Phi) is 3.62. The first-order valence-corrected chi connectivity index (χ1v) is 7.18. The highest BCUT2D eigenvalue weighted by Gasteiger charge is 2.14. The lowest BCUT2D eigenvalue weighted by Gasteiger charge is -2.13. The highest BCUT2D eigenvalue weighted by molar-refractivity contribution is 5.82. The SMILES string of the molecule is Cc1cc(C(C)O)c2nc(-c3ccc(F)cc3)c(C)nc2c1. The molecular weight excluding hydrogens is 279 g/mol. The second-order valence-corrected chi connectivity index (χ2v) is 5.56. The van der Waals surface area contributed by atoms with Crippen molar-refractivity contribution in [1.82, 2.24) is 9.97 Å². The molecule has 0 amide bonds. The largest absolute Gasteiger partial charge is 0.389 e. The van der Waals surface area contributed by atoms with Crippen LogP contribution in [0, 0.1) is 19.7 Å². The summed E-state index contributed by atoms with van der Waals surface area (Å²) in [4.78, 5) is 9.30. The molecule has 0 saturated heterocycles. The standard InChI is InChI=1S/C18H17FN2O/c1-10-8-15(12(3)22)18-16(9-10)20-11(2)17(21-18)13-4-6-14(19)7-5-13/h4-9,12,22H,1-3H3. The molecule has 0 fully saturated rings. The summed E-state index contributed by atoms with van der Waals surface area (Å²) in [7, 11) is 0. The predicted molar refractivity (Wildman–Crippen MR) is 85.0 cm³/mol. The van der Waals surface area contributed by atoms with E-state index in [1.165, 1.54) is 12.1 Å². The minimum atomic E-state index is -0.625. The van der Waals surface area contributed by atoms with E-state index >= 15 is 0 Å². The van der Waals surface area contributed by atoms with E-state index in [0.717, 1.165) is 27.9 Å². The summed E-state index contributed by atoms with van der Waals surface area (Å²) in [6.07, 6.45) is -0.625. The van der Waals surface area contributed by atoms with Gasteiger partial charge in [0.2, 0.25) is 0 Å². The van der Waals surface area contributed by atoms with E-state index in [4.69, 9.17) is 4.98 Å². The molecular formula is C18H17FN2O. The zero-order valence-corrected chi connectivity index (χ0v) is 12.8. The van der Waals surface area contributed by atoms with Crippen LogP contribution in [0.3, 0.4) is 0 Å². The molecule has 0 aliphatic heterocycles. The number of hydrogen-bond acceptors (Lipinski definition) is 3. The summed E-state index contributed by atoms with van der Waals surface area (Å²) in [5.74, 6) is -0.282. The highest BCUT2D eigenvalue weighted by Crippen LogP contribution is 2.28. The van der Waals surface area contributed by atoms with Crippen molar-refractivity contribution in [1.29, 1.82) is 0 Å². The molecule has 3 aromatic rings. The van der Waals surface area contributed by atoms with Gasteiger partial charge in [0.15, 0.2) is 0 Å². The van der Waals surface area contributed by atoms with Crippen molar-refractivity contribution in [3.63, 3.8) is 0 Å². The van der Waals surface area contributed by atoms with Gasteiger partial charge in [-0.3, -0.25) is 0 Å². The molecule has 0 spiro atoms. The fourth-order valence-corrected chi connectivity index (χ4v) is 2.62. The van der Waals surface area contributed by atoms with Gasteiger partial charge >= 0.3 is 0 Å². The van der Waals surface area contributed by atoms with E-state index in [-0.39, 0.29) is 5.82 Å². The normalized spacial score (nSPS) is 12.6. The van der Waals surface area contributed by atoms with Gasteiger partial charge in [-0.05, 0) is 56.7 Å². The summed E-state index contributed by atoms with van der Waals surface area (Å²) in [6, 6.07) is 10.1. The van der Waals surface area contributed by atoms with Crippen molar-refractivity contribution in [3.8, 4) is 11.3 Å². The molecule has 112 valence electrons. The second kappa shape index (κ2) is 5.46. The summed E-state index contributed by atoms with van der Waals surface area (Å²) >= 11 is 0. The fraction of sp³-hybridized carbons (Fsp3) is 0.222. The molecule has 3 rings (SSSR count). The number of fused-ring (bicyclic) bond motifs is 1. The number of hydrogen-bond donors (Lipinski definition) is 1. The van der Waals surface area contributed by atoms with Crippen molar-refractivity contribution in [2.75, 3.05) is 0 Å². The first kappa shape index (κ1) is 14.6. The van der Waals surface area contributed by atoms with E-state index in [9.17, 15) is 9.50 Å². The van der Waals surface area contributed by atoms with Gasteiger partial charge in [0.1, 0.15) is 5.82 Å². The van der Waals surface area contributed by atoms with Crippen LogP contribution in [-0.4, -0.2) is 15.1 Å². The molecule has 1 N–H and O–H groups in total. The number of rotatable bonds is 2. The number of nitrogens with zero attached hydrogens (tertiary/aromatic N) is 2. The van der Waals surface area contributed by atoms with Gasteiger partial charge in [-0.25, -0.2) is 14.4 Å². The third kappa shape index (κ3) is 2.57. The summed E-state index contributed by atoms with van der Waals surface area (Å²) < 4.78 is 13.1. The van der Waals surface area contributed by atoms with Crippen LogP contribution in [0.4, 0.5) is 4.39 Å². The van der Waals surface area contributed by atoms with Crippen LogP contribution in [0.5, 0.6) is 0 Å². The third-order valence-electron chi connectivity index (χ3n) is 3.69. The maximum Gasteiger partial charge on any atom is 0.123 e. The molecule has 3 nitrogen and oxygen atoms in total. The number of halogens is 1. The Morgan fingerprint density at radius 2 is 1.73 bits per heavy atom. The number of aryl methyl sites for hydroxylation is 2. The molecule has 1 unspecified atom stereocenters. The fourth-order valence-electron chi connectivity index (χ4n) is 2.62. The molecule has 2 aromatic carbocycles. The second-order valence-electron chi connectivity index (χ2n) is 5.56. The Labute approximate surface area is 128 Å². The molecule has 4 heteroatoms. The average Bonchev–Trinajstić information content (AvgIpc) is 2.46. The van der Waals surface area contributed by atoms with Gasteiger partial charge in [-0.15, -0.1) is 0 Å². The van der Waals surface area contributed by atoms with E-state index in [0.29, 0.717) is 11.2 Å². The first-order valence-electron chi connectivity index (χ1n) is 7.18. The van der Waals surface area contributed by atoms with Gasteiger partial charge in [0.05, 0.1) is 28.5 Å². The van der Waals surface area contributed by atoms with E-state index in [2.05, 4.69) is 4.98 Å². The minimum Gasteiger partial charge on any atom is -0.389 e. The van der Waals surface area contributed by atoms with Crippen LogP contribution in [0.25, 0.3) is 22.3 Å². The predicted octanol–water partition coefficient (Wildman–Crippen LogP) is 4.11. The quantitative estimate of drug-likeness (QED) is 0.774. The monoisotopic (exact) mass is 296 g/mol. The lowest BCUT2D eigenvalue weighted by Crippen LogP contribution is -2.01. The Morgan fingerprint density at radius 3 is 2.36 bits per heavy atom. The van der Waals surface area contributed by atoms with Crippen LogP contribution in [-0.2, 0) is 0 Å². The van der Waals surface area contributed by atoms with Crippen LogP contribution in [0.15, 0.2) is 36.4 Å². The van der Waals surface area contributed by atoms with Crippen molar-refractivity contribution in [2.24, 2.45) is 0 Å².